The Balaban J connectivity index is 1.76. The van der Waals surface area contributed by atoms with Crippen molar-refractivity contribution in [1.82, 2.24) is 20.2 Å². The molecule has 1 aromatic heterocycles. The molecule has 0 radical (unpaired) electrons. The molecule has 122 valence electrons. The van der Waals surface area contributed by atoms with E-state index in [1.54, 1.807) is 30.3 Å². The van der Waals surface area contributed by atoms with E-state index in [1.165, 1.54) is 16.8 Å². The molecule has 0 unspecified atom stereocenters. The molecule has 0 saturated carbocycles. The zero-order chi connectivity index (χ0) is 17.1. The van der Waals surface area contributed by atoms with Crippen LogP contribution in [0.4, 0.5) is 0 Å². The van der Waals surface area contributed by atoms with Crippen LogP contribution in [-0.4, -0.2) is 31.3 Å². The van der Waals surface area contributed by atoms with Crippen LogP contribution >= 0.6 is 23.2 Å². The number of aromatic nitrogens is 4. The fourth-order valence-corrected chi connectivity index (χ4v) is 2.25. The van der Waals surface area contributed by atoms with Gasteiger partial charge in [-0.1, -0.05) is 23.2 Å². The smallest absolute Gasteiger partial charge is 0.335 e. The van der Waals surface area contributed by atoms with E-state index in [2.05, 4.69) is 15.5 Å². The first kappa shape index (κ1) is 16.2. The van der Waals surface area contributed by atoms with Crippen molar-refractivity contribution in [1.29, 1.82) is 0 Å². The molecule has 9 heteroatoms. The molecule has 0 spiro atoms. The first-order valence-electron chi connectivity index (χ1n) is 6.73. The molecule has 0 atom stereocenters. The Labute approximate surface area is 146 Å². The highest BCUT2D eigenvalue weighted by atomic mass is 35.5. The molecule has 0 aliphatic rings. The van der Waals surface area contributed by atoms with Gasteiger partial charge in [0.2, 0.25) is 0 Å². The number of rotatable bonds is 5. The summed E-state index contributed by atoms with van der Waals surface area (Å²) in [7, 11) is 0. The fraction of sp³-hybridized carbons (Fsp3) is 0.0667. The Morgan fingerprint density at radius 2 is 1.88 bits per heavy atom. The van der Waals surface area contributed by atoms with Gasteiger partial charge in [0.05, 0.1) is 21.3 Å². The first-order valence-corrected chi connectivity index (χ1v) is 7.49. The maximum absolute atomic E-state index is 10.8. The fourth-order valence-electron chi connectivity index (χ4n) is 1.95. The van der Waals surface area contributed by atoms with Gasteiger partial charge in [0.1, 0.15) is 12.4 Å². The lowest BCUT2D eigenvalue weighted by atomic mass is 10.2. The number of carbonyl (C=O) groups is 1. The number of tetrazole rings is 1. The van der Waals surface area contributed by atoms with Gasteiger partial charge in [-0.25, -0.2) is 4.79 Å². The van der Waals surface area contributed by atoms with Gasteiger partial charge in [-0.3, -0.25) is 0 Å². The van der Waals surface area contributed by atoms with E-state index >= 15 is 0 Å². The third kappa shape index (κ3) is 3.47. The lowest BCUT2D eigenvalue weighted by Crippen LogP contribution is -2.07. The van der Waals surface area contributed by atoms with Crippen molar-refractivity contribution >= 4 is 29.2 Å². The Morgan fingerprint density at radius 3 is 2.54 bits per heavy atom. The minimum atomic E-state index is -0.995. The minimum absolute atomic E-state index is 0.0969. The molecule has 0 fully saturated rings. The van der Waals surface area contributed by atoms with Crippen LogP contribution in [0.5, 0.6) is 5.75 Å². The average molecular weight is 365 g/mol. The van der Waals surface area contributed by atoms with Gasteiger partial charge >= 0.3 is 5.97 Å². The number of halogens is 2. The molecule has 0 aliphatic carbocycles. The highest BCUT2D eigenvalue weighted by molar-refractivity contribution is 6.42. The summed E-state index contributed by atoms with van der Waals surface area (Å²) in [6.45, 7) is 0.0969. The quantitative estimate of drug-likeness (QED) is 0.747. The van der Waals surface area contributed by atoms with Gasteiger partial charge < -0.3 is 9.84 Å². The van der Waals surface area contributed by atoms with E-state index in [9.17, 15) is 4.79 Å². The Kier molecular flexibility index (Phi) is 4.64. The molecule has 0 aliphatic heterocycles. The molecule has 1 N–H and O–H groups in total. The van der Waals surface area contributed by atoms with Crippen LogP contribution < -0.4 is 4.74 Å². The van der Waals surface area contributed by atoms with Crippen LogP contribution in [-0.2, 0) is 6.61 Å². The molecule has 3 rings (SSSR count). The largest absolute Gasteiger partial charge is 0.486 e. The van der Waals surface area contributed by atoms with Crippen LogP contribution in [0.15, 0.2) is 42.5 Å². The van der Waals surface area contributed by atoms with E-state index < -0.39 is 5.97 Å². The number of nitrogens with zero attached hydrogens (tertiary/aromatic N) is 4. The molecule has 24 heavy (non-hydrogen) atoms. The van der Waals surface area contributed by atoms with Crippen molar-refractivity contribution in [2.45, 2.75) is 6.61 Å². The van der Waals surface area contributed by atoms with Gasteiger partial charge in [0, 0.05) is 0 Å². The SMILES string of the molecule is O=C(O)c1ccc(OCc2nnnn2-c2ccc(Cl)c(Cl)c2)cc1. The summed E-state index contributed by atoms with van der Waals surface area (Å²) in [4.78, 5) is 10.8. The lowest BCUT2D eigenvalue weighted by Gasteiger charge is -2.08. The number of carboxylic acids is 1. The molecule has 0 bridgehead atoms. The third-order valence-electron chi connectivity index (χ3n) is 3.15. The van der Waals surface area contributed by atoms with Gasteiger partial charge in [0.25, 0.3) is 0 Å². The van der Waals surface area contributed by atoms with E-state index in [1.807, 2.05) is 0 Å². The Bertz CT molecular complexity index is 881. The molecule has 7 nitrogen and oxygen atoms in total. The molecule has 2 aromatic carbocycles. The van der Waals surface area contributed by atoms with Gasteiger partial charge in [0.15, 0.2) is 5.82 Å². The van der Waals surface area contributed by atoms with Crippen LogP contribution in [0.1, 0.15) is 16.2 Å². The summed E-state index contributed by atoms with van der Waals surface area (Å²) >= 11 is 11.9. The predicted molar refractivity (Wildman–Crippen MR) is 86.9 cm³/mol. The summed E-state index contributed by atoms with van der Waals surface area (Å²) < 4.78 is 7.07. The second-order valence-corrected chi connectivity index (χ2v) is 5.54. The topological polar surface area (TPSA) is 90.1 Å². The highest BCUT2D eigenvalue weighted by Gasteiger charge is 2.11. The van der Waals surface area contributed by atoms with Crippen molar-refractivity contribution in [3.63, 3.8) is 0 Å². The summed E-state index contributed by atoms with van der Waals surface area (Å²) in [5.41, 5.74) is 0.831. The standard InChI is InChI=1S/C15H10Cl2N4O3/c16-12-6-3-10(7-13(12)17)21-14(18-19-20-21)8-24-11-4-1-9(2-5-11)15(22)23/h1-7H,8H2,(H,22,23). The second kappa shape index (κ2) is 6.86. The van der Waals surface area contributed by atoms with Gasteiger partial charge in [-0.2, -0.15) is 4.68 Å². The van der Waals surface area contributed by atoms with Crippen LogP contribution in [0.2, 0.25) is 10.0 Å². The first-order chi connectivity index (χ1) is 11.5. The van der Waals surface area contributed by atoms with Crippen molar-refractivity contribution in [2.75, 3.05) is 0 Å². The number of hydrogen-bond acceptors (Lipinski definition) is 5. The summed E-state index contributed by atoms with van der Waals surface area (Å²) in [6, 6.07) is 11.1. The van der Waals surface area contributed by atoms with Crippen molar-refractivity contribution in [3.05, 3.63) is 63.9 Å². The Hall–Kier alpha value is -2.64. The van der Waals surface area contributed by atoms with Crippen LogP contribution in [0.3, 0.4) is 0 Å². The molecule has 3 aromatic rings. The number of carboxylic acid groups (broad SMARTS) is 1. The number of aromatic carboxylic acids is 1. The third-order valence-corrected chi connectivity index (χ3v) is 3.89. The number of ether oxygens (including phenoxy) is 1. The lowest BCUT2D eigenvalue weighted by molar-refractivity contribution is 0.0697. The monoisotopic (exact) mass is 364 g/mol. The maximum Gasteiger partial charge on any atom is 0.335 e. The van der Waals surface area contributed by atoms with E-state index in [-0.39, 0.29) is 12.2 Å². The molecular weight excluding hydrogens is 355 g/mol. The number of hydrogen-bond donors (Lipinski definition) is 1. The van der Waals surface area contributed by atoms with Crippen molar-refractivity contribution in [3.8, 4) is 11.4 Å². The second-order valence-electron chi connectivity index (χ2n) is 4.72. The predicted octanol–water partition coefficient (Wildman–Crippen LogP) is 3.25. The average Bonchev–Trinajstić information content (AvgIpc) is 3.04. The van der Waals surface area contributed by atoms with Crippen LogP contribution in [0, 0.1) is 0 Å². The summed E-state index contributed by atoms with van der Waals surface area (Å²) in [5, 5.41) is 21.1. The van der Waals surface area contributed by atoms with Crippen LogP contribution in [0.25, 0.3) is 5.69 Å². The molecule has 0 amide bonds. The Morgan fingerprint density at radius 1 is 1.12 bits per heavy atom. The van der Waals surface area contributed by atoms with E-state index in [0.717, 1.165) is 0 Å². The van der Waals surface area contributed by atoms with Gasteiger partial charge in [-0.15, -0.1) is 5.10 Å². The normalized spacial score (nSPS) is 10.6. The zero-order valence-corrected chi connectivity index (χ0v) is 13.6. The summed E-state index contributed by atoms with van der Waals surface area (Å²) in [5.74, 6) is -0.0375. The minimum Gasteiger partial charge on any atom is -0.486 e. The van der Waals surface area contributed by atoms with Crippen molar-refractivity contribution < 1.29 is 14.6 Å². The zero-order valence-electron chi connectivity index (χ0n) is 12.1. The molecule has 1 heterocycles. The molecule has 0 saturated heterocycles. The highest BCUT2D eigenvalue weighted by Crippen LogP contribution is 2.24. The number of benzene rings is 2. The molecular formula is C15H10Cl2N4O3. The van der Waals surface area contributed by atoms with E-state index in [0.29, 0.717) is 27.3 Å². The van der Waals surface area contributed by atoms with E-state index in [4.69, 9.17) is 33.0 Å². The summed E-state index contributed by atoms with van der Waals surface area (Å²) in [6.07, 6.45) is 0. The van der Waals surface area contributed by atoms with Gasteiger partial charge in [-0.05, 0) is 52.9 Å². The maximum atomic E-state index is 10.8. The van der Waals surface area contributed by atoms with Crippen molar-refractivity contribution in [2.24, 2.45) is 0 Å².